The zero-order valence-corrected chi connectivity index (χ0v) is 15.8. The quantitative estimate of drug-likeness (QED) is 0.893. The van der Waals surface area contributed by atoms with Crippen molar-refractivity contribution in [1.82, 2.24) is 19.8 Å². The van der Waals surface area contributed by atoms with E-state index in [2.05, 4.69) is 22.2 Å². The predicted molar refractivity (Wildman–Crippen MR) is 99.4 cm³/mol. The molecule has 2 heterocycles. The van der Waals surface area contributed by atoms with Gasteiger partial charge in [-0.25, -0.2) is 14.3 Å². The molecule has 2 aromatic rings. The number of imidazole rings is 1. The van der Waals surface area contributed by atoms with Gasteiger partial charge in [-0.15, -0.1) is 0 Å². The lowest BCUT2D eigenvalue weighted by molar-refractivity contribution is 0.0543. The van der Waals surface area contributed by atoms with Crippen molar-refractivity contribution in [3.05, 3.63) is 30.1 Å². The highest BCUT2D eigenvalue weighted by molar-refractivity contribution is 5.98. The van der Waals surface area contributed by atoms with Crippen LogP contribution in [0, 0.1) is 0 Å². The SMILES string of the molecule is CN1CCC(NC(=O)c2ccc3c(c2)ncn3C(=O)OC(C)(C)C)CC1. The Hall–Kier alpha value is -2.41. The summed E-state index contributed by atoms with van der Waals surface area (Å²) in [6, 6.07) is 5.36. The van der Waals surface area contributed by atoms with Crippen LogP contribution >= 0.6 is 0 Å². The second kappa shape index (κ2) is 7.07. The lowest BCUT2D eigenvalue weighted by Crippen LogP contribution is -2.43. The number of piperidine rings is 1. The van der Waals surface area contributed by atoms with Crippen molar-refractivity contribution in [2.24, 2.45) is 0 Å². The minimum absolute atomic E-state index is 0.103. The Balaban J connectivity index is 1.74. The molecule has 1 fully saturated rings. The lowest BCUT2D eigenvalue weighted by Gasteiger charge is -2.29. The number of nitrogens with one attached hydrogen (secondary N) is 1. The van der Waals surface area contributed by atoms with Crippen molar-refractivity contribution in [1.29, 1.82) is 0 Å². The van der Waals surface area contributed by atoms with Crippen LogP contribution in [0.1, 0.15) is 44.0 Å². The summed E-state index contributed by atoms with van der Waals surface area (Å²) in [6.07, 6.45) is 2.86. The monoisotopic (exact) mass is 358 g/mol. The highest BCUT2D eigenvalue weighted by Crippen LogP contribution is 2.18. The van der Waals surface area contributed by atoms with Crippen molar-refractivity contribution >= 4 is 23.0 Å². The number of aromatic nitrogens is 2. The molecule has 1 saturated heterocycles. The van der Waals surface area contributed by atoms with Crippen LogP contribution in [0.2, 0.25) is 0 Å². The van der Waals surface area contributed by atoms with Crippen molar-refractivity contribution in [2.75, 3.05) is 20.1 Å². The molecule has 1 N–H and O–H groups in total. The van der Waals surface area contributed by atoms with Crippen LogP contribution in [-0.2, 0) is 4.74 Å². The molecule has 0 bridgehead atoms. The highest BCUT2D eigenvalue weighted by atomic mass is 16.6. The Bertz CT molecular complexity index is 814. The van der Waals surface area contributed by atoms with E-state index in [0.29, 0.717) is 16.6 Å². The molecule has 0 radical (unpaired) electrons. The predicted octanol–water partition coefficient (Wildman–Crippen LogP) is 2.64. The molecule has 26 heavy (non-hydrogen) atoms. The number of fused-ring (bicyclic) bond motifs is 1. The van der Waals surface area contributed by atoms with Gasteiger partial charge in [0.25, 0.3) is 5.91 Å². The number of amides is 1. The first kappa shape index (κ1) is 18.4. The van der Waals surface area contributed by atoms with Crippen LogP contribution < -0.4 is 5.32 Å². The first-order chi connectivity index (χ1) is 12.2. The number of benzene rings is 1. The van der Waals surface area contributed by atoms with Crippen LogP contribution in [0.4, 0.5) is 4.79 Å². The lowest BCUT2D eigenvalue weighted by atomic mass is 10.0. The van der Waals surface area contributed by atoms with E-state index < -0.39 is 11.7 Å². The van der Waals surface area contributed by atoms with Gasteiger partial charge in [-0.3, -0.25) is 4.79 Å². The van der Waals surface area contributed by atoms with Crippen molar-refractivity contribution in [2.45, 2.75) is 45.3 Å². The molecule has 1 aromatic heterocycles. The Morgan fingerprint density at radius 2 is 1.92 bits per heavy atom. The summed E-state index contributed by atoms with van der Waals surface area (Å²) in [4.78, 5) is 31.3. The third-order valence-corrected chi connectivity index (χ3v) is 4.45. The molecule has 3 rings (SSSR count). The van der Waals surface area contributed by atoms with Gasteiger partial charge in [-0.1, -0.05) is 0 Å². The van der Waals surface area contributed by atoms with Gasteiger partial charge >= 0.3 is 6.09 Å². The Kier molecular flexibility index (Phi) is 5.00. The van der Waals surface area contributed by atoms with E-state index in [1.165, 1.54) is 10.9 Å². The molecule has 0 aliphatic carbocycles. The van der Waals surface area contributed by atoms with Crippen molar-refractivity contribution < 1.29 is 14.3 Å². The van der Waals surface area contributed by atoms with Gasteiger partial charge in [-0.2, -0.15) is 0 Å². The summed E-state index contributed by atoms with van der Waals surface area (Å²) in [6.45, 7) is 7.43. The van der Waals surface area contributed by atoms with Crippen molar-refractivity contribution in [3.63, 3.8) is 0 Å². The number of carbonyl (C=O) groups is 2. The van der Waals surface area contributed by atoms with E-state index in [1.54, 1.807) is 18.2 Å². The highest BCUT2D eigenvalue weighted by Gasteiger charge is 2.21. The normalized spacial score (nSPS) is 16.6. The maximum absolute atomic E-state index is 12.5. The van der Waals surface area contributed by atoms with E-state index in [1.807, 2.05) is 20.8 Å². The number of hydrogen-bond donors (Lipinski definition) is 1. The fourth-order valence-electron chi connectivity index (χ4n) is 3.03. The smallest absolute Gasteiger partial charge is 0.420 e. The molecule has 0 spiro atoms. The molecular weight excluding hydrogens is 332 g/mol. The van der Waals surface area contributed by atoms with Gasteiger partial charge < -0.3 is 15.0 Å². The first-order valence-electron chi connectivity index (χ1n) is 8.93. The Labute approximate surface area is 153 Å². The molecule has 1 amide bonds. The van der Waals surface area contributed by atoms with E-state index in [9.17, 15) is 9.59 Å². The first-order valence-corrected chi connectivity index (χ1v) is 8.93. The molecule has 0 saturated carbocycles. The molecular formula is C19H26N4O3. The number of nitrogens with zero attached hydrogens (tertiary/aromatic N) is 3. The van der Waals surface area contributed by atoms with Gasteiger partial charge in [0.2, 0.25) is 0 Å². The molecule has 140 valence electrons. The van der Waals surface area contributed by atoms with Gasteiger partial charge in [0.15, 0.2) is 0 Å². The van der Waals surface area contributed by atoms with Gasteiger partial charge in [0.05, 0.1) is 11.0 Å². The summed E-state index contributed by atoms with van der Waals surface area (Å²) in [5, 5.41) is 3.09. The van der Waals surface area contributed by atoms with Crippen LogP contribution in [0.25, 0.3) is 11.0 Å². The third kappa shape index (κ3) is 4.22. The fourth-order valence-corrected chi connectivity index (χ4v) is 3.03. The zero-order chi connectivity index (χ0) is 18.9. The van der Waals surface area contributed by atoms with E-state index in [4.69, 9.17) is 4.74 Å². The minimum Gasteiger partial charge on any atom is -0.443 e. The average molecular weight is 358 g/mol. The Morgan fingerprint density at radius 3 is 2.58 bits per heavy atom. The van der Waals surface area contributed by atoms with E-state index in [0.717, 1.165) is 25.9 Å². The number of carbonyl (C=O) groups excluding carboxylic acids is 2. The summed E-state index contributed by atoms with van der Waals surface area (Å²) in [5.74, 6) is -0.103. The number of rotatable bonds is 2. The fraction of sp³-hybridized carbons (Fsp3) is 0.526. The van der Waals surface area contributed by atoms with Crippen molar-refractivity contribution in [3.8, 4) is 0 Å². The third-order valence-electron chi connectivity index (χ3n) is 4.45. The van der Waals surface area contributed by atoms with Crippen LogP contribution in [-0.4, -0.2) is 58.2 Å². The summed E-state index contributed by atoms with van der Waals surface area (Å²) in [7, 11) is 2.09. The zero-order valence-electron chi connectivity index (χ0n) is 15.8. The largest absolute Gasteiger partial charge is 0.443 e. The number of hydrogen-bond acceptors (Lipinski definition) is 5. The summed E-state index contributed by atoms with van der Waals surface area (Å²) in [5.41, 5.74) is 1.18. The van der Waals surface area contributed by atoms with Crippen LogP contribution in [0.5, 0.6) is 0 Å². The maximum Gasteiger partial charge on any atom is 0.420 e. The molecule has 0 atom stereocenters. The molecule has 1 aromatic carbocycles. The molecule has 7 nitrogen and oxygen atoms in total. The maximum atomic E-state index is 12.5. The minimum atomic E-state index is -0.582. The molecule has 1 aliphatic heterocycles. The van der Waals surface area contributed by atoms with Crippen LogP contribution in [0.3, 0.4) is 0 Å². The topological polar surface area (TPSA) is 76.5 Å². The van der Waals surface area contributed by atoms with Gasteiger partial charge in [0.1, 0.15) is 11.9 Å². The number of likely N-dealkylation sites (tertiary alicyclic amines) is 1. The Morgan fingerprint density at radius 1 is 1.23 bits per heavy atom. The van der Waals surface area contributed by atoms with E-state index >= 15 is 0 Å². The second-order valence-electron chi connectivity index (χ2n) is 7.85. The second-order valence-corrected chi connectivity index (χ2v) is 7.85. The molecule has 7 heteroatoms. The molecule has 1 aliphatic rings. The van der Waals surface area contributed by atoms with Gasteiger partial charge in [-0.05, 0) is 71.9 Å². The average Bonchev–Trinajstić information content (AvgIpc) is 2.98. The standard InChI is InChI=1S/C19H26N4O3/c1-19(2,3)26-18(25)23-12-20-15-11-13(5-6-16(15)23)17(24)21-14-7-9-22(4)10-8-14/h5-6,11-12,14H,7-10H2,1-4H3,(H,21,24). The summed E-state index contributed by atoms with van der Waals surface area (Å²) < 4.78 is 6.74. The van der Waals surface area contributed by atoms with Crippen LogP contribution in [0.15, 0.2) is 24.5 Å². The van der Waals surface area contributed by atoms with E-state index in [-0.39, 0.29) is 11.9 Å². The molecule has 0 unspecified atom stereocenters. The summed E-state index contributed by atoms with van der Waals surface area (Å²) >= 11 is 0. The van der Waals surface area contributed by atoms with Gasteiger partial charge in [0, 0.05) is 11.6 Å². The number of ether oxygens (including phenoxy) is 1.